The van der Waals surface area contributed by atoms with Gasteiger partial charge in [-0.3, -0.25) is 4.79 Å². The highest BCUT2D eigenvalue weighted by Crippen LogP contribution is 2.39. The molecule has 3 nitrogen and oxygen atoms in total. The molecule has 1 aromatic carbocycles. The van der Waals surface area contributed by atoms with Crippen LogP contribution in [0.3, 0.4) is 0 Å². The van der Waals surface area contributed by atoms with Gasteiger partial charge in [0.05, 0.1) is 7.11 Å². The number of hydrogen-bond acceptors (Lipinski definition) is 3. The highest BCUT2D eigenvalue weighted by atomic mass is 16.5. The van der Waals surface area contributed by atoms with Gasteiger partial charge in [-0.1, -0.05) is 6.07 Å². The molecule has 1 aliphatic rings. The molecular formula is C12H14O3. The molecule has 80 valence electrons. The monoisotopic (exact) mass is 206 g/mol. The number of rotatable bonds is 3. The van der Waals surface area contributed by atoms with Crippen LogP contribution in [0.4, 0.5) is 0 Å². The van der Waals surface area contributed by atoms with E-state index >= 15 is 0 Å². The Balaban J connectivity index is 2.52. The van der Waals surface area contributed by atoms with Crippen molar-refractivity contribution in [1.82, 2.24) is 0 Å². The summed E-state index contributed by atoms with van der Waals surface area (Å²) in [5.41, 5.74) is 1.35. The number of methoxy groups -OCH3 is 2. The molecule has 0 saturated heterocycles. The van der Waals surface area contributed by atoms with Crippen molar-refractivity contribution >= 4 is 6.29 Å². The smallest absolute Gasteiger partial charge is 0.156 e. The van der Waals surface area contributed by atoms with Crippen LogP contribution in [0.25, 0.3) is 0 Å². The molecule has 0 N–H and O–H groups in total. The standard InChI is InChI=1S/C12H14O3/c1-14-10-4-3-9-5-6-12(8-13,15-2)11(9)7-10/h3-4,7-8H,5-6H2,1-2H3. The average molecular weight is 206 g/mol. The second-order valence-electron chi connectivity index (χ2n) is 3.73. The zero-order chi connectivity index (χ0) is 10.9. The highest BCUT2D eigenvalue weighted by molar-refractivity contribution is 5.70. The molecule has 0 bridgehead atoms. The lowest BCUT2D eigenvalue weighted by Gasteiger charge is -2.22. The zero-order valence-corrected chi connectivity index (χ0v) is 8.95. The summed E-state index contributed by atoms with van der Waals surface area (Å²) in [6.07, 6.45) is 2.49. The number of hydrogen-bond donors (Lipinski definition) is 0. The largest absolute Gasteiger partial charge is 0.497 e. The van der Waals surface area contributed by atoms with E-state index in [2.05, 4.69) is 0 Å². The Morgan fingerprint density at radius 1 is 1.40 bits per heavy atom. The Bertz CT molecular complexity index is 386. The van der Waals surface area contributed by atoms with E-state index in [0.29, 0.717) is 0 Å². The van der Waals surface area contributed by atoms with Crippen LogP contribution in [-0.4, -0.2) is 20.5 Å². The first-order valence-corrected chi connectivity index (χ1v) is 4.94. The van der Waals surface area contributed by atoms with Gasteiger partial charge in [0.1, 0.15) is 11.4 Å². The van der Waals surface area contributed by atoms with Gasteiger partial charge in [-0.25, -0.2) is 0 Å². The predicted octanol–water partition coefficient (Wildman–Crippen LogP) is 1.68. The predicted molar refractivity (Wildman–Crippen MR) is 56.1 cm³/mol. The number of ether oxygens (including phenoxy) is 2. The highest BCUT2D eigenvalue weighted by Gasteiger charge is 2.39. The third kappa shape index (κ3) is 1.43. The van der Waals surface area contributed by atoms with Crippen LogP contribution in [0.15, 0.2) is 18.2 Å². The lowest BCUT2D eigenvalue weighted by molar-refractivity contribution is -0.128. The first kappa shape index (κ1) is 10.2. The Labute approximate surface area is 89.0 Å². The molecule has 1 unspecified atom stereocenters. The Kier molecular flexibility index (Phi) is 2.49. The van der Waals surface area contributed by atoms with E-state index in [0.717, 1.165) is 30.4 Å². The van der Waals surface area contributed by atoms with E-state index in [-0.39, 0.29) is 0 Å². The van der Waals surface area contributed by atoms with Gasteiger partial charge in [-0.15, -0.1) is 0 Å². The summed E-state index contributed by atoms with van der Waals surface area (Å²) in [6.45, 7) is 0. The van der Waals surface area contributed by atoms with Gasteiger partial charge in [0.15, 0.2) is 6.29 Å². The summed E-state index contributed by atoms with van der Waals surface area (Å²) >= 11 is 0. The third-order valence-corrected chi connectivity index (χ3v) is 3.09. The maximum absolute atomic E-state index is 11.2. The molecule has 1 aromatic rings. The van der Waals surface area contributed by atoms with Crippen molar-refractivity contribution in [3.05, 3.63) is 29.3 Å². The normalized spacial score (nSPS) is 23.6. The molecular weight excluding hydrogens is 192 g/mol. The third-order valence-electron chi connectivity index (χ3n) is 3.09. The number of aryl methyl sites for hydroxylation is 1. The number of aldehydes is 1. The van der Waals surface area contributed by atoms with Crippen LogP contribution in [0.2, 0.25) is 0 Å². The summed E-state index contributed by atoms with van der Waals surface area (Å²) in [5.74, 6) is 0.763. The van der Waals surface area contributed by atoms with E-state index in [1.54, 1.807) is 14.2 Å². The fraction of sp³-hybridized carbons (Fsp3) is 0.417. The number of carbonyl (C=O) groups excluding carboxylic acids is 1. The van der Waals surface area contributed by atoms with Crippen molar-refractivity contribution < 1.29 is 14.3 Å². The van der Waals surface area contributed by atoms with Gasteiger partial charge in [0, 0.05) is 7.11 Å². The molecule has 3 heteroatoms. The van der Waals surface area contributed by atoms with Crippen molar-refractivity contribution in [3.8, 4) is 5.75 Å². The van der Waals surface area contributed by atoms with Gasteiger partial charge in [0.25, 0.3) is 0 Å². The second-order valence-corrected chi connectivity index (χ2v) is 3.73. The molecule has 0 aliphatic heterocycles. The summed E-state index contributed by atoms with van der Waals surface area (Å²) < 4.78 is 10.5. The van der Waals surface area contributed by atoms with Gasteiger partial charge in [-0.05, 0) is 36.1 Å². The second kappa shape index (κ2) is 3.66. The van der Waals surface area contributed by atoms with E-state index in [4.69, 9.17) is 9.47 Å². The first-order valence-electron chi connectivity index (χ1n) is 4.94. The number of benzene rings is 1. The quantitative estimate of drug-likeness (QED) is 0.706. The van der Waals surface area contributed by atoms with Gasteiger partial charge in [0.2, 0.25) is 0 Å². The zero-order valence-electron chi connectivity index (χ0n) is 8.95. The molecule has 0 radical (unpaired) electrons. The molecule has 1 atom stereocenters. The SMILES string of the molecule is COc1ccc2c(c1)C(C=O)(OC)CC2. The van der Waals surface area contributed by atoms with Crippen molar-refractivity contribution in [2.24, 2.45) is 0 Å². The fourth-order valence-corrected chi connectivity index (χ4v) is 2.13. The minimum absolute atomic E-state index is 0.718. The topological polar surface area (TPSA) is 35.5 Å². The van der Waals surface area contributed by atoms with Crippen LogP contribution in [0.1, 0.15) is 17.5 Å². The van der Waals surface area contributed by atoms with Crippen molar-refractivity contribution in [2.45, 2.75) is 18.4 Å². The Hall–Kier alpha value is -1.35. The Morgan fingerprint density at radius 2 is 2.20 bits per heavy atom. The van der Waals surface area contributed by atoms with Crippen LogP contribution < -0.4 is 4.74 Å². The van der Waals surface area contributed by atoms with Gasteiger partial charge in [-0.2, -0.15) is 0 Å². The number of carbonyl (C=O) groups is 1. The lowest BCUT2D eigenvalue weighted by atomic mass is 9.97. The maximum atomic E-state index is 11.2. The van der Waals surface area contributed by atoms with E-state index in [1.807, 2.05) is 18.2 Å². The van der Waals surface area contributed by atoms with Crippen LogP contribution in [0, 0.1) is 0 Å². The molecule has 0 saturated carbocycles. The molecule has 15 heavy (non-hydrogen) atoms. The molecule has 0 amide bonds. The van der Waals surface area contributed by atoms with Crippen molar-refractivity contribution in [2.75, 3.05) is 14.2 Å². The molecule has 2 rings (SSSR count). The minimum atomic E-state index is -0.760. The van der Waals surface area contributed by atoms with Gasteiger partial charge < -0.3 is 9.47 Å². The molecule has 0 spiro atoms. The molecule has 0 aromatic heterocycles. The molecule has 1 aliphatic carbocycles. The summed E-state index contributed by atoms with van der Waals surface area (Å²) in [6, 6.07) is 5.80. The lowest BCUT2D eigenvalue weighted by Crippen LogP contribution is -2.27. The summed E-state index contributed by atoms with van der Waals surface area (Å²) in [5, 5.41) is 0. The Morgan fingerprint density at radius 3 is 2.80 bits per heavy atom. The van der Waals surface area contributed by atoms with Crippen LogP contribution in [0.5, 0.6) is 5.75 Å². The van der Waals surface area contributed by atoms with Gasteiger partial charge >= 0.3 is 0 Å². The fourth-order valence-electron chi connectivity index (χ4n) is 2.13. The van der Waals surface area contributed by atoms with Crippen LogP contribution in [-0.2, 0) is 21.6 Å². The first-order chi connectivity index (χ1) is 7.25. The minimum Gasteiger partial charge on any atom is -0.497 e. The average Bonchev–Trinajstić information content (AvgIpc) is 2.67. The van der Waals surface area contributed by atoms with Crippen LogP contribution >= 0.6 is 0 Å². The maximum Gasteiger partial charge on any atom is 0.156 e. The van der Waals surface area contributed by atoms with E-state index < -0.39 is 5.60 Å². The van der Waals surface area contributed by atoms with E-state index in [9.17, 15) is 4.79 Å². The van der Waals surface area contributed by atoms with Crippen molar-refractivity contribution in [1.29, 1.82) is 0 Å². The number of fused-ring (bicyclic) bond motifs is 1. The molecule has 0 heterocycles. The molecule has 0 fully saturated rings. The summed E-state index contributed by atoms with van der Waals surface area (Å²) in [4.78, 5) is 11.2. The summed E-state index contributed by atoms with van der Waals surface area (Å²) in [7, 11) is 3.19. The van der Waals surface area contributed by atoms with E-state index in [1.165, 1.54) is 5.56 Å². The van der Waals surface area contributed by atoms with Crippen molar-refractivity contribution in [3.63, 3.8) is 0 Å².